The summed E-state index contributed by atoms with van der Waals surface area (Å²) < 4.78 is 2.26. The number of hydrogen-bond donors (Lipinski definition) is 1. The van der Waals surface area contributed by atoms with Gasteiger partial charge in [0.1, 0.15) is 5.82 Å². The second-order valence-corrected chi connectivity index (χ2v) is 20.6. The fourth-order valence-corrected chi connectivity index (χ4v) is 11.0. The van der Waals surface area contributed by atoms with Crippen LogP contribution in [-0.2, 0) is 20.1 Å². The summed E-state index contributed by atoms with van der Waals surface area (Å²) in [6.07, 6.45) is 4.69. The second-order valence-electron chi connectivity index (χ2n) is 20.6. The van der Waals surface area contributed by atoms with Crippen molar-refractivity contribution in [1.29, 1.82) is 0 Å². The average Bonchev–Trinajstić information content (AvgIpc) is 2.58. The van der Waals surface area contributed by atoms with Crippen LogP contribution in [0.4, 0.5) is 0 Å². The fourth-order valence-electron chi connectivity index (χ4n) is 11.0. The Bertz CT molecular complexity index is 4850. The number of ketones is 1. The third-order valence-corrected chi connectivity index (χ3v) is 14.8. The first-order valence-electron chi connectivity index (χ1n) is 28.1. The van der Waals surface area contributed by atoms with Crippen molar-refractivity contribution in [2.75, 3.05) is 0 Å². The van der Waals surface area contributed by atoms with Gasteiger partial charge < -0.3 is 15.2 Å². The number of benzene rings is 12. The van der Waals surface area contributed by atoms with Crippen LogP contribution in [-0.4, -0.2) is 35.2 Å². The zero-order valence-electron chi connectivity index (χ0n) is 48.2. The molecule has 0 aliphatic heterocycles. The van der Waals surface area contributed by atoms with Crippen LogP contribution in [0.5, 0.6) is 5.75 Å². The van der Waals surface area contributed by atoms with Crippen LogP contribution in [0.15, 0.2) is 303 Å². The Morgan fingerprint density at radius 2 is 1.01 bits per heavy atom. The van der Waals surface area contributed by atoms with E-state index in [2.05, 4.69) is 227 Å². The van der Waals surface area contributed by atoms with Gasteiger partial charge in [0, 0.05) is 43.7 Å². The van der Waals surface area contributed by atoms with E-state index in [-0.39, 0.29) is 56.3 Å². The number of fused-ring (bicyclic) bond motifs is 6. The van der Waals surface area contributed by atoms with Gasteiger partial charge in [-0.15, -0.1) is 35.9 Å². The van der Waals surface area contributed by atoms with Crippen molar-refractivity contribution in [2.45, 2.75) is 13.8 Å². The van der Waals surface area contributed by atoms with E-state index in [1.54, 1.807) is 18.5 Å². The van der Waals surface area contributed by atoms with Crippen molar-refractivity contribution in [2.24, 2.45) is 0 Å². The summed E-state index contributed by atoms with van der Waals surface area (Å²) in [7, 11) is 0. The Morgan fingerprint density at radius 1 is 0.471 bits per heavy atom. The molecule has 3 heterocycles. The maximum Gasteiger partial charge on any atom is 1.00 e. The second kappa shape index (κ2) is 27.8. The molecule has 0 saturated carbocycles. The van der Waals surface area contributed by atoms with Crippen molar-refractivity contribution in [3.05, 3.63) is 309 Å². The number of hydrogen-bond acceptors (Lipinski definition) is 5. The molecule has 0 saturated heterocycles. The minimum absolute atomic E-state index is 0. The monoisotopic (exact) mass is 1300 g/mol. The standard InChI is InChI=1S/C53H34N2.C11H8N.C9H7NO.C5H8O2.Ir.Li/c1-2-16-44(17-3-1)55-50-21-11-10-20-49(50)54-53(55)38-26-22-37(23-27-38)41-30-31-47-48(34-41)52(43-29-25-36-13-5-7-15-40(36)33-43)46-19-9-8-18-45(46)51(47)42-28-24-35-12-4-6-14-39(35)32-42;1-2-6-10(7-3-1)11-8-4-5-9-12-11;11-8-5-1-3-7-4-2-6-10-9(7)8;1-4(6)3-5(2)7;;/h1-34H;1-6,8-9H;1-6,11H;3,6H,1-2H3;;/q;-1;;;;+1. The van der Waals surface area contributed by atoms with Crippen LogP contribution < -0.4 is 24.0 Å². The quantitative estimate of drug-likeness (QED) is 0.0427. The molecule has 9 heteroatoms. The van der Waals surface area contributed by atoms with E-state index in [1.165, 1.54) is 96.9 Å². The van der Waals surface area contributed by atoms with Crippen LogP contribution in [0.3, 0.4) is 0 Å². The predicted molar refractivity (Wildman–Crippen MR) is 352 cm³/mol. The third kappa shape index (κ3) is 13.4. The molecule has 15 aromatic rings. The number of imidazole rings is 1. The molecule has 3 aromatic heterocycles. The Labute approximate surface area is 531 Å². The molecule has 87 heavy (non-hydrogen) atoms. The predicted octanol–water partition coefficient (Wildman–Crippen LogP) is 16.2. The van der Waals surface area contributed by atoms with E-state index < -0.39 is 0 Å². The topological polar surface area (TPSA) is 108 Å². The number of allylic oxidation sites excluding steroid dienone is 2. The molecule has 0 bridgehead atoms. The normalized spacial score (nSPS) is 10.9. The van der Waals surface area contributed by atoms with Crippen LogP contribution in [0.2, 0.25) is 0 Å². The molecule has 1 radical (unpaired) electrons. The van der Waals surface area contributed by atoms with Crippen LogP contribution in [0.1, 0.15) is 13.8 Å². The van der Waals surface area contributed by atoms with E-state index in [9.17, 15) is 5.11 Å². The van der Waals surface area contributed by atoms with Crippen LogP contribution in [0.25, 0.3) is 127 Å². The van der Waals surface area contributed by atoms with E-state index in [1.807, 2.05) is 60.7 Å². The van der Waals surface area contributed by atoms with E-state index in [4.69, 9.17) is 14.9 Å². The number of pyridine rings is 2. The van der Waals surface area contributed by atoms with Crippen molar-refractivity contribution in [3.8, 4) is 67.5 Å². The molecule has 15 rings (SSSR count). The molecule has 0 fully saturated rings. The summed E-state index contributed by atoms with van der Waals surface area (Å²) in [5, 5.41) is 30.4. The number of carbonyl (C=O) groups excluding carboxylic acids is 1. The number of aliphatic hydroxyl groups is 1. The molecule has 0 spiro atoms. The van der Waals surface area contributed by atoms with Gasteiger partial charge >= 0.3 is 24.6 Å². The van der Waals surface area contributed by atoms with Crippen LogP contribution in [0, 0.1) is 6.07 Å². The number of rotatable bonds is 7. The molecule has 7 nitrogen and oxygen atoms in total. The molecule has 0 atom stereocenters. The first kappa shape index (κ1) is 60.1. The van der Waals surface area contributed by atoms with E-state index in [0.29, 0.717) is 5.52 Å². The number of aromatic nitrogens is 4. The Hall–Kier alpha value is -10.0. The summed E-state index contributed by atoms with van der Waals surface area (Å²) in [4.78, 5) is 21.7. The van der Waals surface area contributed by atoms with E-state index in [0.717, 1.165) is 50.3 Å². The van der Waals surface area contributed by atoms with Gasteiger partial charge in [-0.25, -0.2) is 4.98 Å². The van der Waals surface area contributed by atoms with Gasteiger partial charge in [0.15, 0.2) is 0 Å². The van der Waals surface area contributed by atoms with Gasteiger partial charge in [-0.05, 0) is 149 Å². The number of para-hydroxylation sites is 4. The number of nitrogens with zero attached hydrogens (tertiary/aromatic N) is 4. The molecule has 12 aromatic carbocycles. The van der Waals surface area contributed by atoms with Crippen molar-refractivity contribution >= 4 is 70.8 Å². The van der Waals surface area contributed by atoms with E-state index >= 15 is 0 Å². The first-order chi connectivity index (χ1) is 41.7. The van der Waals surface area contributed by atoms with Gasteiger partial charge in [0.2, 0.25) is 0 Å². The smallest absolute Gasteiger partial charge is 0.871 e. The summed E-state index contributed by atoms with van der Waals surface area (Å²) in [6, 6.07) is 100. The van der Waals surface area contributed by atoms with Gasteiger partial charge in [-0.2, -0.15) is 0 Å². The zero-order valence-corrected chi connectivity index (χ0v) is 50.6. The molecule has 0 aliphatic rings. The molecule has 417 valence electrons. The number of aliphatic hydroxyl groups excluding tert-OH is 1. The minimum atomic E-state index is -0.0110. The van der Waals surface area contributed by atoms with Crippen molar-refractivity contribution in [3.63, 3.8) is 0 Å². The molecular weight excluding hydrogens is 1240 g/mol. The minimum Gasteiger partial charge on any atom is -0.871 e. The average molecular weight is 1300 g/mol. The summed E-state index contributed by atoms with van der Waals surface area (Å²) in [5.41, 5.74) is 14.1. The summed E-state index contributed by atoms with van der Waals surface area (Å²) in [5.74, 6) is 1.17. The van der Waals surface area contributed by atoms with Gasteiger partial charge in [-0.1, -0.05) is 206 Å². The van der Waals surface area contributed by atoms with Gasteiger partial charge in [0.05, 0.1) is 35.3 Å². The maximum absolute atomic E-state index is 11.1. The summed E-state index contributed by atoms with van der Waals surface area (Å²) >= 11 is 0. The zero-order chi connectivity index (χ0) is 58.1. The molecule has 2 N–H and O–H groups in total. The van der Waals surface area contributed by atoms with Crippen molar-refractivity contribution < 1.29 is 54.0 Å². The Balaban J connectivity index is 0.000000213. The Morgan fingerprint density at radius 3 is 1.63 bits per heavy atom. The van der Waals surface area contributed by atoms with Crippen molar-refractivity contribution in [1.82, 2.24) is 19.5 Å². The maximum atomic E-state index is 11.1. The SMILES string of the molecule is CC(=[OH+])C=C(C)O.[Ir].[Li+].[O-]c1cccc2cccnc12.[c-]1ccccc1-c1ccccn1.c1ccc(-n2c(-c3ccc(-c4ccc5c(-c6ccc7ccccc7c6)c6ccccc6c(-c6ccc7ccccc7c6)c5c4)cc3)nc3ccccc32)cc1. The summed E-state index contributed by atoms with van der Waals surface area (Å²) in [6.45, 7) is 3.00. The third-order valence-electron chi connectivity index (χ3n) is 14.8. The van der Waals surface area contributed by atoms with Gasteiger partial charge in [0.25, 0.3) is 0 Å². The molecule has 0 aliphatic carbocycles. The first-order valence-corrected chi connectivity index (χ1v) is 28.1. The largest absolute Gasteiger partial charge is 1.00 e. The fraction of sp³-hybridized carbons (Fsp3) is 0.0256. The molecule has 0 amide bonds. The molecular formula is C78H57IrLiN4O3. The van der Waals surface area contributed by atoms with Gasteiger partial charge in [-0.3, -0.25) is 14.3 Å². The Kier molecular flexibility index (Phi) is 19.2. The van der Waals surface area contributed by atoms with Crippen LogP contribution >= 0.6 is 0 Å². The molecule has 0 unspecified atom stereocenters.